The van der Waals surface area contributed by atoms with Crippen molar-refractivity contribution in [1.82, 2.24) is 9.55 Å². The zero-order chi connectivity index (χ0) is 14.5. The lowest BCUT2D eigenvalue weighted by atomic mass is 10.1. The van der Waals surface area contributed by atoms with Crippen molar-refractivity contribution in [3.8, 4) is 0 Å². The van der Waals surface area contributed by atoms with Crippen molar-refractivity contribution in [3.05, 3.63) is 90.0 Å². The summed E-state index contributed by atoms with van der Waals surface area (Å²) in [6.45, 7) is 0.795. The molecule has 0 saturated carbocycles. The predicted molar refractivity (Wildman–Crippen MR) is 83.1 cm³/mol. The summed E-state index contributed by atoms with van der Waals surface area (Å²) in [5.41, 5.74) is 2.36. The molecule has 1 unspecified atom stereocenters. The second-order valence-electron chi connectivity index (χ2n) is 4.93. The second kappa shape index (κ2) is 6.37. The molecule has 106 valence electrons. The number of nitrogens with zero attached hydrogens (tertiary/aromatic N) is 2. The van der Waals surface area contributed by atoms with Crippen LogP contribution in [0.1, 0.15) is 23.1 Å². The second-order valence-corrected chi connectivity index (χ2v) is 4.93. The fourth-order valence-electron chi connectivity index (χ4n) is 2.49. The molecular weight excluding hydrogens is 260 g/mol. The van der Waals surface area contributed by atoms with Gasteiger partial charge in [0.05, 0.1) is 0 Å². The first-order valence-corrected chi connectivity index (χ1v) is 7.01. The highest BCUT2D eigenvalue weighted by atomic mass is 16.5. The number of rotatable bonds is 5. The summed E-state index contributed by atoms with van der Waals surface area (Å²) in [5, 5.41) is 0. The third-order valence-corrected chi connectivity index (χ3v) is 3.52. The van der Waals surface area contributed by atoms with Gasteiger partial charge in [0.2, 0.25) is 0 Å². The maximum atomic E-state index is 5.68. The molecular formula is C18H18N2O. The van der Waals surface area contributed by atoms with Crippen molar-refractivity contribution >= 4 is 0 Å². The van der Waals surface area contributed by atoms with Gasteiger partial charge in [0.25, 0.3) is 0 Å². The number of ether oxygens (including phenoxy) is 1. The van der Waals surface area contributed by atoms with E-state index >= 15 is 0 Å². The monoisotopic (exact) mass is 278 g/mol. The molecule has 0 aliphatic heterocycles. The van der Waals surface area contributed by atoms with E-state index in [1.165, 1.54) is 5.56 Å². The van der Waals surface area contributed by atoms with Crippen molar-refractivity contribution in [3.63, 3.8) is 0 Å². The Hall–Kier alpha value is -2.39. The van der Waals surface area contributed by atoms with E-state index in [-0.39, 0.29) is 6.10 Å². The van der Waals surface area contributed by atoms with E-state index < -0.39 is 0 Å². The highest BCUT2D eigenvalue weighted by molar-refractivity contribution is 5.24. The van der Waals surface area contributed by atoms with E-state index in [1.54, 1.807) is 7.11 Å². The van der Waals surface area contributed by atoms with Gasteiger partial charge in [-0.05, 0) is 11.1 Å². The minimum Gasteiger partial charge on any atom is -0.369 e. The first-order valence-electron chi connectivity index (χ1n) is 7.01. The van der Waals surface area contributed by atoms with Gasteiger partial charge in [-0.2, -0.15) is 0 Å². The topological polar surface area (TPSA) is 27.1 Å². The van der Waals surface area contributed by atoms with Gasteiger partial charge >= 0.3 is 0 Å². The smallest absolute Gasteiger partial charge is 0.142 e. The van der Waals surface area contributed by atoms with E-state index in [9.17, 15) is 0 Å². The normalized spacial score (nSPS) is 12.2. The molecule has 0 N–H and O–H groups in total. The molecule has 3 heteroatoms. The molecule has 1 atom stereocenters. The zero-order valence-electron chi connectivity index (χ0n) is 12.0. The fraction of sp³-hybridized carbons (Fsp3) is 0.167. The van der Waals surface area contributed by atoms with Crippen LogP contribution in [0.3, 0.4) is 0 Å². The maximum Gasteiger partial charge on any atom is 0.142 e. The lowest BCUT2D eigenvalue weighted by molar-refractivity contribution is 0.126. The van der Waals surface area contributed by atoms with Crippen LogP contribution < -0.4 is 0 Å². The Morgan fingerprint density at radius 3 is 2.33 bits per heavy atom. The Morgan fingerprint density at radius 2 is 1.67 bits per heavy atom. The van der Waals surface area contributed by atoms with Crippen LogP contribution in [0.5, 0.6) is 0 Å². The van der Waals surface area contributed by atoms with Gasteiger partial charge in [0.15, 0.2) is 0 Å². The molecule has 0 aliphatic carbocycles. The number of methoxy groups -OCH3 is 1. The van der Waals surface area contributed by atoms with E-state index in [1.807, 2.05) is 36.7 Å². The minimum absolute atomic E-state index is 0.148. The lowest BCUT2D eigenvalue weighted by Crippen LogP contribution is -2.12. The van der Waals surface area contributed by atoms with E-state index in [2.05, 4.69) is 45.9 Å². The van der Waals surface area contributed by atoms with Crippen LogP contribution in [0.2, 0.25) is 0 Å². The molecule has 2 aromatic carbocycles. The summed E-state index contributed by atoms with van der Waals surface area (Å²) in [6.07, 6.45) is 3.68. The molecule has 1 aromatic heterocycles. The highest BCUT2D eigenvalue weighted by Crippen LogP contribution is 2.24. The van der Waals surface area contributed by atoms with Gasteiger partial charge < -0.3 is 9.30 Å². The van der Waals surface area contributed by atoms with Crippen molar-refractivity contribution in [2.75, 3.05) is 7.11 Å². The molecule has 0 radical (unpaired) electrons. The minimum atomic E-state index is -0.148. The molecule has 3 nitrogen and oxygen atoms in total. The first kappa shape index (κ1) is 13.6. The predicted octanol–water partition coefficient (Wildman–Crippen LogP) is 3.67. The maximum absolute atomic E-state index is 5.68. The molecule has 0 aliphatic rings. The average molecular weight is 278 g/mol. The number of aromatic nitrogens is 2. The molecule has 0 bridgehead atoms. The molecule has 3 aromatic rings. The van der Waals surface area contributed by atoms with Crippen LogP contribution in [-0.4, -0.2) is 16.7 Å². The quantitative estimate of drug-likeness (QED) is 0.712. The molecule has 0 fully saturated rings. The van der Waals surface area contributed by atoms with Gasteiger partial charge in [0, 0.05) is 26.0 Å². The van der Waals surface area contributed by atoms with Gasteiger partial charge in [-0.25, -0.2) is 4.98 Å². The summed E-state index contributed by atoms with van der Waals surface area (Å²) in [5.74, 6) is 0.924. The van der Waals surface area contributed by atoms with Crippen molar-refractivity contribution in [2.45, 2.75) is 12.6 Å². The summed E-state index contributed by atoms with van der Waals surface area (Å²) in [4.78, 5) is 4.50. The third kappa shape index (κ3) is 3.03. The molecule has 0 saturated heterocycles. The lowest BCUT2D eigenvalue weighted by Gasteiger charge is -2.17. The first-order chi connectivity index (χ1) is 10.4. The van der Waals surface area contributed by atoms with E-state index in [0.717, 1.165) is 17.9 Å². The van der Waals surface area contributed by atoms with Crippen LogP contribution >= 0.6 is 0 Å². The van der Waals surface area contributed by atoms with Gasteiger partial charge in [0.1, 0.15) is 11.9 Å². The van der Waals surface area contributed by atoms with Gasteiger partial charge in [-0.3, -0.25) is 0 Å². The fourth-order valence-corrected chi connectivity index (χ4v) is 2.49. The average Bonchev–Trinajstić information content (AvgIpc) is 2.98. The zero-order valence-corrected chi connectivity index (χ0v) is 12.0. The number of benzene rings is 2. The third-order valence-electron chi connectivity index (χ3n) is 3.52. The van der Waals surface area contributed by atoms with Crippen molar-refractivity contribution in [2.24, 2.45) is 0 Å². The SMILES string of the molecule is COC(c1ccccc1)c1nccn1Cc1ccccc1. The largest absolute Gasteiger partial charge is 0.369 e. The van der Waals surface area contributed by atoms with E-state index in [0.29, 0.717) is 0 Å². The van der Waals surface area contributed by atoms with Gasteiger partial charge in [-0.1, -0.05) is 60.7 Å². The molecule has 3 rings (SSSR count). The summed E-state index contributed by atoms with van der Waals surface area (Å²) in [6, 6.07) is 20.5. The Balaban J connectivity index is 1.91. The van der Waals surface area contributed by atoms with Crippen LogP contribution in [0.4, 0.5) is 0 Å². The number of hydrogen-bond donors (Lipinski definition) is 0. The van der Waals surface area contributed by atoms with Crippen LogP contribution in [0.25, 0.3) is 0 Å². The van der Waals surface area contributed by atoms with Crippen molar-refractivity contribution < 1.29 is 4.74 Å². The Kier molecular flexibility index (Phi) is 4.12. The van der Waals surface area contributed by atoms with Crippen LogP contribution in [0.15, 0.2) is 73.1 Å². The Bertz CT molecular complexity index is 677. The molecule has 0 spiro atoms. The molecule has 21 heavy (non-hydrogen) atoms. The highest BCUT2D eigenvalue weighted by Gasteiger charge is 2.18. The summed E-state index contributed by atoms with van der Waals surface area (Å²) >= 11 is 0. The summed E-state index contributed by atoms with van der Waals surface area (Å²) in [7, 11) is 1.72. The standard InChI is InChI=1S/C18H18N2O/c1-21-17(16-10-6-3-7-11-16)18-19-12-13-20(18)14-15-8-4-2-5-9-15/h2-13,17H,14H2,1H3. The van der Waals surface area contributed by atoms with E-state index in [4.69, 9.17) is 4.74 Å². The van der Waals surface area contributed by atoms with Crippen LogP contribution in [-0.2, 0) is 11.3 Å². The molecule has 0 amide bonds. The summed E-state index contributed by atoms with van der Waals surface area (Å²) < 4.78 is 7.81. The van der Waals surface area contributed by atoms with Crippen LogP contribution in [0, 0.1) is 0 Å². The Labute approximate surface area is 124 Å². The number of imidazole rings is 1. The van der Waals surface area contributed by atoms with Gasteiger partial charge in [-0.15, -0.1) is 0 Å². The van der Waals surface area contributed by atoms with Crippen molar-refractivity contribution in [1.29, 1.82) is 0 Å². The molecule has 1 heterocycles. The Morgan fingerprint density at radius 1 is 1.00 bits per heavy atom. The number of hydrogen-bond acceptors (Lipinski definition) is 2.